The number of rotatable bonds is 3. The van der Waals surface area contributed by atoms with Crippen LogP contribution in [0.1, 0.15) is 19.8 Å². The number of hydrogen-bond acceptors (Lipinski definition) is 3. The summed E-state index contributed by atoms with van der Waals surface area (Å²) in [6.07, 6.45) is 1.67. The quantitative estimate of drug-likeness (QED) is 0.675. The summed E-state index contributed by atoms with van der Waals surface area (Å²) < 4.78 is 0. The van der Waals surface area contributed by atoms with Crippen LogP contribution in [-0.2, 0) is 4.79 Å². The van der Waals surface area contributed by atoms with Crippen LogP contribution in [0.4, 0.5) is 0 Å². The number of carbonyl (C=O) groups excluding carboxylic acids is 1. The number of nitrogens with one attached hydrogen (secondary N) is 1. The third-order valence-electron chi connectivity index (χ3n) is 1.79. The molecular weight excluding hydrogens is 174 g/mol. The first kappa shape index (κ1) is 9.86. The van der Waals surface area contributed by atoms with Gasteiger partial charge in [0.2, 0.25) is 5.91 Å². The number of hydrogen-bond donors (Lipinski definition) is 2. The van der Waals surface area contributed by atoms with E-state index < -0.39 is 6.10 Å². The first-order valence-corrected chi connectivity index (χ1v) is 5.32. The minimum Gasteiger partial charge on any atom is -0.392 e. The van der Waals surface area contributed by atoms with E-state index in [0.717, 1.165) is 18.6 Å². The molecule has 2 atom stereocenters. The van der Waals surface area contributed by atoms with E-state index in [1.807, 2.05) is 0 Å². The fourth-order valence-corrected chi connectivity index (χ4v) is 2.33. The Morgan fingerprint density at radius 1 is 1.83 bits per heavy atom. The number of aliphatic hydroxyl groups is 1. The minimum absolute atomic E-state index is 0.0819. The van der Waals surface area contributed by atoms with Crippen molar-refractivity contribution in [2.45, 2.75) is 31.1 Å². The highest BCUT2D eigenvalue weighted by Crippen LogP contribution is 2.25. The fourth-order valence-electron chi connectivity index (χ4n) is 1.15. The van der Waals surface area contributed by atoms with Crippen LogP contribution in [0.2, 0.25) is 0 Å². The van der Waals surface area contributed by atoms with Crippen molar-refractivity contribution in [1.29, 1.82) is 0 Å². The van der Waals surface area contributed by atoms with E-state index in [-0.39, 0.29) is 11.2 Å². The van der Waals surface area contributed by atoms with Crippen molar-refractivity contribution < 1.29 is 9.90 Å². The zero-order chi connectivity index (χ0) is 8.97. The normalized spacial score (nSPS) is 25.3. The molecule has 0 aromatic rings. The summed E-state index contributed by atoms with van der Waals surface area (Å²) >= 11 is 1.71. The lowest BCUT2D eigenvalue weighted by Crippen LogP contribution is -2.35. The second-order valence-corrected chi connectivity index (χ2v) is 4.41. The van der Waals surface area contributed by atoms with E-state index in [4.69, 9.17) is 5.11 Å². The highest BCUT2D eigenvalue weighted by atomic mass is 32.2. The molecule has 1 aliphatic rings. The molecular formula is C8H15NO2S. The van der Waals surface area contributed by atoms with Gasteiger partial charge in [-0.3, -0.25) is 4.79 Å². The Bertz CT molecular complexity index is 155. The van der Waals surface area contributed by atoms with Crippen LogP contribution in [0.15, 0.2) is 0 Å². The molecule has 1 fully saturated rings. The molecule has 1 rings (SSSR count). The van der Waals surface area contributed by atoms with Gasteiger partial charge >= 0.3 is 0 Å². The predicted octanol–water partition coefficient (Wildman–Crippen LogP) is 0.379. The number of amides is 1. The zero-order valence-electron chi connectivity index (χ0n) is 7.25. The van der Waals surface area contributed by atoms with E-state index in [1.54, 1.807) is 18.7 Å². The van der Waals surface area contributed by atoms with E-state index in [0.29, 0.717) is 6.54 Å². The van der Waals surface area contributed by atoms with Crippen LogP contribution in [0.3, 0.4) is 0 Å². The van der Waals surface area contributed by atoms with Crippen molar-refractivity contribution in [3.63, 3.8) is 0 Å². The van der Waals surface area contributed by atoms with Gasteiger partial charge in [0.05, 0.1) is 11.4 Å². The average Bonchev–Trinajstić information content (AvgIpc) is 2.51. The molecule has 2 N–H and O–H groups in total. The predicted molar refractivity (Wildman–Crippen MR) is 50.2 cm³/mol. The first-order valence-electron chi connectivity index (χ1n) is 4.27. The van der Waals surface area contributed by atoms with Crippen LogP contribution in [-0.4, -0.2) is 34.7 Å². The smallest absolute Gasteiger partial charge is 0.233 e. The van der Waals surface area contributed by atoms with Gasteiger partial charge in [-0.2, -0.15) is 0 Å². The maximum atomic E-state index is 11.3. The summed E-state index contributed by atoms with van der Waals surface area (Å²) in [6.45, 7) is 2.04. The van der Waals surface area contributed by atoms with E-state index >= 15 is 0 Å². The van der Waals surface area contributed by atoms with Crippen LogP contribution in [0.5, 0.6) is 0 Å². The molecule has 1 unspecified atom stereocenters. The standard InChI is InChI=1S/C8H15NO2S/c1-6(10)5-9-8(11)7-3-2-4-12-7/h6-7,10H,2-5H2,1H3,(H,9,11)/t6-,7?/m1/s1. The Morgan fingerprint density at radius 2 is 2.58 bits per heavy atom. The summed E-state index contributed by atoms with van der Waals surface area (Å²) in [5, 5.41) is 11.8. The largest absolute Gasteiger partial charge is 0.392 e. The maximum Gasteiger partial charge on any atom is 0.233 e. The molecule has 1 amide bonds. The summed E-state index contributed by atoms with van der Waals surface area (Å²) in [5.74, 6) is 1.17. The second-order valence-electron chi connectivity index (χ2n) is 3.10. The Morgan fingerprint density at radius 3 is 3.08 bits per heavy atom. The number of aliphatic hydroxyl groups excluding tert-OH is 1. The van der Waals surface area contributed by atoms with Crippen molar-refractivity contribution in [2.75, 3.05) is 12.3 Å². The van der Waals surface area contributed by atoms with Gasteiger partial charge in [-0.25, -0.2) is 0 Å². The highest BCUT2D eigenvalue weighted by molar-refractivity contribution is 8.00. The lowest BCUT2D eigenvalue weighted by atomic mass is 10.2. The first-order chi connectivity index (χ1) is 5.70. The molecule has 0 radical (unpaired) electrons. The summed E-state index contributed by atoms with van der Waals surface area (Å²) in [7, 11) is 0. The number of carbonyl (C=O) groups is 1. The van der Waals surface area contributed by atoms with Crippen molar-refractivity contribution in [3.8, 4) is 0 Å². The Balaban J connectivity index is 2.18. The maximum absolute atomic E-state index is 11.3. The zero-order valence-corrected chi connectivity index (χ0v) is 8.06. The average molecular weight is 189 g/mol. The lowest BCUT2D eigenvalue weighted by molar-refractivity contribution is -0.121. The molecule has 0 bridgehead atoms. The van der Waals surface area contributed by atoms with Gasteiger partial charge in [-0.05, 0) is 25.5 Å². The number of thioether (sulfide) groups is 1. The van der Waals surface area contributed by atoms with Gasteiger partial charge in [0.1, 0.15) is 0 Å². The molecule has 70 valence electrons. The van der Waals surface area contributed by atoms with Gasteiger partial charge in [0.25, 0.3) is 0 Å². The summed E-state index contributed by atoms with van der Waals surface area (Å²) in [4.78, 5) is 11.3. The van der Waals surface area contributed by atoms with Crippen molar-refractivity contribution in [1.82, 2.24) is 5.32 Å². The third-order valence-corrected chi connectivity index (χ3v) is 3.17. The van der Waals surface area contributed by atoms with Crippen molar-refractivity contribution >= 4 is 17.7 Å². The van der Waals surface area contributed by atoms with Gasteiger partial charge in [0, 0.05) is 6.54 Å². The molecule has 0 spiro atoms. The van der Waals surface area contributed by atoms with E-state index in [1.165, 1.54) is 0 Å². The fraction of sp³-hybridized carbons (Fsp3) is 0.875. The SMILES string of the molecule is C[C@@H](O)CNC(=O)C1CCCS1. The molecule has 12 heavy (non-hydrogen) atoms. The van der Waals surface area contributed by atoms with Crippen molar-refractivity contribution in [2.24, 2.45) is 0 Å². The molecule has 1 heterocycles. The van der Waals surface area contributed by atoms with Crippen LogP contribution < -0.4 is 5.32 Å². The van der Waals surface area contributed by atoms with E-state index in [2.05, 4.69) is 5.32 Å². The summed E-state index contributed by atoms with van der Waals surface area (Å²) in [5.41, 5.74) is 0. The van der Waals surface area contributed by atoms with E-state index in [9.17, 15) is 4.79 Å². The van der Waals surface area contributed by atoms with Gasteiger partial charge in [0.15, 0.2) is 0 Å². The van der Waals surface area contributed by atoms with Gasteiger partial charge < -0.3 is 10.4 Å². The Labute approximate surface area is 76.9 Å². The molecule has 4 heteroatoms. The monoisotopic (exact) mass is 189 g/mol. The molecule has 0 aromatic heterocycles. The van der Waals surface area contributed by atoms with Gasteiger partial charge in [-0.15, -0.1) is 11.8 Å². The van der Waals surface area contributed by atoms with Crippen LogP contribution in [0, 0.1) is 0 Å². The Hall–Kier alpha value is -0.220. The van der Waals surface area contributed by atoms with Crippen LogP contribution in [0.25, 0.3) is 0 Å². The van der Waals surface area contributed by atoms with Crippen molar-refractivity contribution in [3.05, 3.63) is 0 Å². The Kier molecular flexibility index (Phi) is 3.88. The molecule has 1 aliphatic heterocycles. The highest BCUT2D eigenvalue weighted by Gasteiger charge is 2.22. The minimum atomic E-state index is -0.444. The molecule has 0 aromatic carbocycles. The topological polar surface area (TPSA) is 49.3 Å². The molecule has 0 saturated carbocycles. The molecule has 1 saturated heterocycles. The molecule has 0 aliphatic carbocycles. The lowest BCUT2D eigenvalue weighted by Gasteiger charge is -2.10. The van der Waals surface area contributed by atoms with Gasteiger partial charge in [-0.1, -0.05) is 0 Å². The summed E-state index contributed by atoms with van der Waals surface area (Å²) in [6, 6.07) is 0. The third kappa shape index (κ3) is 3.03. The van der Waals surface area contributed by atoms with Crippen LogP contribution >= 0.6 is 11.8 Å². The second kappa shape index (κ2) is 4.72. The molecule has 3 nitrogen and oxygen atoms in total.